The van der Waals surface area contributed by atoms with Crippen LogP contribution in [0.4, 0.5) is 0 Å². The van der Waals surface area contributed by atoms with Crippen LogP contribution in [0.1, 0.15) is 18.9 Å². The van der Waals surface area contributed by atoms with Gasteiger partial charge < -0.3 is 5.73 Å². The van der Waals surface area contributed by atoms with Crippen LogP contribution in [-0.2, 0) is 13.0 Å². The maximum absolute atomic E-state index is 5.71. The molecule has 0 saturated heterocycles. The molecule has 0 spiro atoms. The van der Waals surface area contributed by atoms with E-state index in [9.17, 15) is 0 Å². The lowest BCUT2D eigenvalue weighted by Gasteiger charge is -2.01. The Kier molecular flexibility index (Phi) is 5.04. The highest BCUT2D eigenvalue weighted by Crippen LogP contribution is 2.03. The maximum atomic E-state index is 5.71. The lowest BCUT2D eigenvalue weighted by Crippen LogP contribution is -2.17. The van der Waals surface area contributed by atoms with Crippen molar-refractivity contribution in [2.24, 2.45) is 5.73 Å². The van der Waals surface area contributed by atoms with Crippen LogP contribution in [0.15, 0.2) is 12.4 Å². The normalized spacial score (nSPS) is 13.1. The molecule has 1 atom stereocenters. The Balaban J connectivity index is 2.35. The Bertz CT molecular complexity index is 258. The molecule has 0 aromatic carbocycles. The quantitative estimate of drug-likeness (QED) is 0.729. The van der Waals surface area contributed by atoms with Crippen LogP contribution in [0.3, 0.4) is 0 Å². The predicted molar refractivity (Wildman–Crippen MR) is 62.6 cm³/mol. The summed E-state index contributed by atoms with van der Waals surface area (Å²) in [6.07, 6.45) is 8.25. The van der Waals surface area contributed by atoms with Crippen molar-refractivity contribution in [3.8, 4) is 0 Å². The lowest BCUT2D eigenvalue weighted by molar-refractivity contribution is 0.605. The minimum Gasteiger partial charge on any atom is -0.328 e. The van der Waals surface area contributed by atoms with Crippen LogP contribution in [0, 0.1) is 0 Å². The van der Waals surface area contributed by atoms with Crippen molar-refractivity contribution in [3.05, 3.63) is 18.0 Å². The molecule has 1 heterocycles. The smallest absolute Gasteiger partial charge is 0.0522 e. The van der Waals surface area contributed by atoms with Gasteiger partial charge in [-0.15, -0.1) is 0 Å². The Labute approximate surface area is 90.1 Å². The first-order chi connectivity index (χ1) is 6.72. The van der Waals surface area contributed by atoms with Crippen molar-refractivity contribution in [3.63, 3.8) is 0 Å². The molecular formula is C10H19N3S. The number of rotatable bonds is 6. The molecule has 0 saturated carbocycles. The highest BCUT2D eigenvalue weighted by molar-refractivity contribution is 7.98. The van der Waals surface area contributed by atoms with Crippen molar-refractivity contribution < 1.29 is 0 Å². The zero-order chi connectivity index (χ0) is 10.4. The second-order valence-corrected chi connectivity index (χ2v) is 4.63. The van der Waals surface area contributed by atoms with Gasteiger partial charge in [0.1, 0.15) is 0 Å². The molecule has 0 aliphatic carbocycles. The Morgan fingerprint density at radius 2 is 2.43 bits per heavy atom. The van der Waals surface area contributed by atoms with Crippen molar-refractivity contribution >= 4 is 11.8 Å². The van der Waals surface area contributed by atoms with Gasteiger partial charge in [-0.3, -0.25) is 4.68 Å². The maximum Gasteiger partial charge on any atom is 0.0522 e. The van der Waals surface area contributed by atoms with Crippen LogP contribution >= 0.6 is 11.8 Å². The first kappa shape index (κ1) is 11.6. The fraction of sp³-hybridized carbons (Fsp3) is 0.700. The monoisotopic (exact) mass is 213 g/mol. The molecule has 1 rings (SSSR count). The van der Waals surface area contributed by atoms with Gasteiger partial charge in [-0.25, -0.2) is 0 Å². The fourth-order valence-corrected chi connectivity index (χ4v) is 1.79. The summed E-state index contributed by atoms with van der Waals surface area (Å²) in [5.41, 5.74) is 6.95. The van der Waals surface area contributed by atoms with Crippen molar-refractivity contribution in [1.82, 2.24) is 9.78 Å². The molecule has 0 amide bonds. The molecule has 0 fully saturated rings. The summed E-state index contributed by atoms with van der Waals surface area (Å²) in [4.78, 5) is 0. The second kappa shape index (κ2) is 6.09. The van der Waals surface area contributed by atoms with E-state index in [2.05, 4.69) is 17.6 Å². The molecule has 1 aromatic heterocycles. The van der Waals surface area contributed by atoms with Crippen LogP contribution in [0.2, 0.25) is 0 Å². The molecule has 4 heteroatoms. The standard InChI is InChI=1S/C10H19N3S/c1-9(11)6-10-7-12-13(8-10)4-3-5-14-2/h7-9H,3-6,11H2,1-2H3. The number of thioether (sulfide) groups is 1. The van der Waals surface area contributed by atoms with E-state index < -0.39 is 0 Å². The third kappa shape index (κ3) is 4.15. The highest BCUT2D eigenvalue weighted by atomic mass is 32.2. The Morgan fingerprint density at radius 1 is 1.64 bits per heavy atom. The van der Waals surface area contributed by atoms with Gasteiger partial charge in [-0.05, 0) is 37.3 Å². The fourth-order valence-electron chi connectivity index (χ4n) is 1.38. The number of nitrogens with zero attached hydrogens (tertiary/aromatic N) is 2. The summed E-state index contributed by atoms with van der Waals surface area (Å²) in [5.74, 6) is 1.20. The van der Waals surface area contributed by atoms with E-state index >= 15 is 0 Å². The van der Waals surface area contributed by atoms with E-state index in [1.54, 1.807) is 0 Å². The molecule has 14 heavy (non-hydrogen) atoms. The summed E-state index contributed by atoms with van der Waals surface area (Å²) in [5, 5.41) is 4.29. The average Bonchev–Trinajstić information content (AvgIpc) is 2.52. The molecule has 0 bridgehead atoms. The van der Waals surface area contributed by atoms with Crippen LogP contribution in [0.5, 0.6) is 0 Å². The van der Waals surface area contributed by atoms with Crippen LogP contribution in [0.25, 0.3) is 0 Å². The third-order valence-electron chi connectivity index (χ3n) is 1.98. The molecule has 0 aliphatic rings. The van der Waals surface area contributed by atoms with E-state index in [0.717, 1.165) is 13.0 Å². The van der Waals surface area contributed by atoms with E-state index in [4.69, 9.17) is 5.73 Å². The Hall–Kier alpha value is -0.480. The van der Waals surface area contributed by atoms with Gasteiger partial charge in [0, 0.05) is 18.8 Å². The molecule has 0 aliphatic heterocycles. The molecule has 2 N–H and O–H groups in total. The largest absolute Gasteiger partial charge is 0.328 e. The molecule has 1 aromatic rings. The van der Waals surface area contributed by atoms with Crippen LogP contribution in [-0.4, -0.2) is 27.8 Å². The number of nitrogens with two attached hydrogens (primary N) is 1. The molecule has 1 unspecified atom stereocenters. The number of aromatic nitrogens is 2. The Morgan fingerprint density at radius 3 is 3.07 bits per heavy atom. The van der Waals surface area contributed by atoms with E-state index in [0.29, 0.717) is 0 Å². The topological polar surface area (TPSA) is 43.8 Å². The molecule has 0 radical (unpaired) electrons. The number of hydrogen-bond donors (Lipinski definition) is 1. The van der Waals surface area contributed by atoms with Crippen molar-refractivity contribution in [2.75, 3.05) is 12.0 Å². The first-order valence-corrected chi connectivity index (χ1v) is 6.37. The zero-order valence-corrected chi connectivity index (χ0v) is 9.76. The van der Waals surface area contributed by atoms with Gasteiger partial charge in [-0.1, -0.05) is 0 Å². The average molecular weight is 213 g/mol. The number of aryl methyl sites for hydroxylation is 1. The molecule has 3 nitrogen and oxygen atoms in total. The minimum absolute atomic E-state index is 0.221. The van der Waals surface area contributed by atoms with Crippen molar-refractivity contribution in [2.45, 2.75) is 32.4 Å². The predicted octanol–water partition coefficient (Wildman–Crippen LogP) is 1.53. The third-order valence-corrected chi connectivity index (χ3v) is 2.68. The zero-order valence-electron chi connectivity index (χ0n) is 8.94. The second-order valence-electron chi connectivity index (χ2n) is 3.64. The first-order valence-electron chi connectivity index (χ1n) is 4.98. The van der Waals surface area contributed by atoms with Gasteiger partial charge in [0.05, 0.1) is 6.20 Å². The van der Waals surface area contributed by atoms with Gasteiger partial charge >= 0.3 is 0 Å². The summed E-state index contributed by atoms with van der Waals surface area (Å²) in [6.45, 7) is 3.03. The summed E-state index contributed by atoms with van der Waals surface area (Å²) in [6, 6.07) is 0.221. The van der Waals surface area contributed by atoms with E-state index in [1.807, 2.05) is 29.6 Å². The molecular weight excluding hydrogens is 194 g/mol. The van der Waals surface area contributed by atoms with Crippen LogP contribution < -0.4 is 5.73 Å². The molecule has 80 valence electrons. The SMILES string of the molecule is CSCCCn1cc(CC(C)N)cn1. The van der Waals surface area contributed by atoms with Gasteiger partial charge in [0.25, 0.3) is 0 Å². The van der Waals surface area contributed by atoms with E-state index in [1.165, 1.54) is 17.7 Å². The minimum atomic E-state index is 0.221. The summed E-state index contributed by atoms with van der Waals surface area (Å²) >= 11 is 1.88. The highest BCUT2D eigenvalue weighted by Gasteiger charge is 2.01. The lowest BCUT2D eigenvalue weighted by atomic mass is 10.1. The van der Waals surface area contributed by atoms with Gasteiger partial charge in [-0.2, -0.15) is 16.9 Å². The van der Waals surface area contributed by atoms with Gasteiger partial charge in [0.2, 0.25) is 0 Å². The van der Waals surface area contributed by atoms with Gasteiger partial charge in [0.15, 0.2) is 0 Å². The summed E-state index contributed by atoms with van der Waals surface area (Å²) in [7, 11) is 0. The van der Waals surface area contributed by atoms with Crippen molar-refractivity contribution in [1.29, 1.82) is 0 Å². The summed E-state index contributed by atoms with van der Waals surface area (Å²) < 4.78 is 2.01. The number of hydrogen-bond acceptors (Lipinski definition) is 3. The van der Waals surface area contributed by atoms with E-state index in [-0.39, 0.29) is 6.04 Å².